The van der Waals surface area contributed by atoms with Crippen molar-refractivity contribution in [3.8, 4) is 5.75 Å². The lowest BCUT2D eigenvalue weighted by Gasteiger charge is -2.10. The van der Waals surface area contributed by atoms with Gasteiger partial charge in [-0.1, -0.05) is 30.3 Å². The molecule has 1 amide bonds. The third kappa shape index (κ3) is 6.59. The third-order valence-electron chi connectivity index (χ3n) is 4.26. The van der Waals surface area contributed by atoms with Gasteiger partial charge in [0.1, 0.15) is 17.4 Å². The van der Waals surface area contributed by atoms with Crippen LogP contribution in [0, 0.1) is 11.6 Å². The van der Waals surface area contributed by atoms with Gasteiger partial charge in [0.15, 0.2) is 6.61 Å². The highest BCUT2D eigenvalue weighted by Gasteiger charge is 2.14. The van der Waals surface area contributed by atoms with E-state index in [-0.39, 0.29) is 22.9 Å². The molecule has 0 saturated carbocycles. The zero-order valence-electron chi connectivity index (χ0n) is 16.3. The van der Waals surface area contributed by atoms with Crippen LogP contribution in [-0.2, 0) is 21.2 Å². The number of carbonyl (C=O) groups excluding carboxylic acids is 1. The largest absolute Gasteiger partial charge is 0.484 e. The van der Waals surface area contributed by atoms with E-state index in [0.717, 1.165) is 23.8 Å². The third-order valence-corrected chi connectivity index (χ3v) is 5.73. The molecule has 0 unspecified atom stereocenters. The quantitative estimate of drug-likeness (QED) is 0.527. The zero-order chi connectivity index (χ0) is 22.3. The van der Waals surface area contributed by atoms with Crippen LogP contribution in [0.5, 0.6) is 5.75 Å². The fourth-order valence-corrected chi connectivity index (χ4v) is 3.73. The predicted molar refractivity (Wildman–Crippen MR) is 112 cm³/mol. The summed E-state index contributed by atoms with van der Waals surface area (Å²) in [5.41, 5.74) is 0.724. The number of rotatable bonds is 9. The molecular weight excluding hydrogens is 426 g/mol. The van der Waals surface area contributed by atoms with Gasteiger partial charge in [0.05, 0.1) is 10.6 Å². The van der Waals surface area contributed by atoms with Crippen molar-refractivity contribution in [2.24, 2.45) is 0 Å². The Kier molecular flexibility index (Phi) is 7.32. The summed E-state index contributed by atoms with van der Waals surface area (Å²) in [6, 6.07) is 17.7. The summed E-state index contributed by atoms with van der Waals surface area (Å²) in [7, 11) is -3.69. The molecule has 2 N–H and O–H groups in total. The molecule has 0 spiro atoms. The molecule has 0 atom stereocenters. The molecule has 0 aliphatic rings. The summed E-state index contributed by atoms with van der Waals surface area (Å²) >= 11 is 0. The molecule has 0 saturated heterocycles. The zero-order valence-corrected chi connectivity index (χ0v) is 17.2. The van der Waals surface area contributed by atoms with E-state index in [1.165, 1.54) is 24.3 Å². The van der Waals surface area contributed by atoms with Crippen molar-refractivity contribution in [2.45, 2.75) is 11.3 Å². The van der Waals surface area contributed by atoms with Gasteiger partial charge in [-0.05, 0) is 48.4 Å². The highest BCUT2D eigenvalue weighted by molar-refractivity contribution is 7.89. The molecule has 31 heavy (non-hydrogen) atoms. The first-order chi connectivity index (χ1) is 14.8. The summed E-state index contributed by atoms with van der Waals surface area (Å²) in [6.07, 6.45) is 0.558. The molecule has 0 fully saturated rings. The number of ether oxygens (including phenoxy) is 1. The number of halogens is 2. The van der Waals surface area contributed by atoms with Gasteiger partial charge in [0.2, 0.25) is 10.0 Å². The van der Waals surface area contributed by atoms with Crippen LogP contribution in [-0.4, -0.2) is 27.5 Å². The van der Waals surface area contributed by atoms with Crippen molar-refractivity contribution in [1.29, 1.82) is 0 Å². The van der Waals surface area contributed by atoms with Crippen molar-refractivity contribution in [1.82, 2.24) is 4.72 Å². The molecule has 9 heteroatoms. The van der Waals surface area contributed by atoms with Gasteiger partial charge in [-0.25, -0.2) is 21.9 Å². The average molecular weight is 446 g/mol. The maximum atomic E-state index is 13.5. The van der Waals surface area contributed by atoms with Crippen LogP contribution in [0.2, 0.25) is 0 Å². The molecule has 3 rings (SSSR count). The minimum Gasteiger partial charge on any atom is -0.484 e. The Morgan fingerprint density at radius 3 is 2.35 bits per heavy atom. The van der Waals surface area contributed by atoms with Gasteiger partial charge in [-0.2, -0.15) is 0 Å². The Balaban J connectivity index is 1.50. The Hall–Kier alpha value is -3.30. The van der Waals surface area contributed by atoms with Crippen molar-refractivity contribution < 1.29 is 26.7 Å². The van der Waals surface area contributed by atoms with Gasteiger partial charge < -0.3 is 10.1 Å². The monoisotopic (exact) mass is 446 g/mol. The Morgan fingerprint density at radius 2 is 1.65 bits per heavy atom. The number of amides is 1. The second-order valence-corrected chi connectivity index (χ2v) is 8.33. The molecule has 3 aromatic rings. The number of nitrogens with one attached hydrogen (secondary N) is 2. The highest BCUT2D eigenvalue weighted by atomic mass is 32.2. The van der Waals surface area contributed by atoms with Crippen LogP contribution in [0.3, 0.4) is 0 Å². The number of carbonyl (C=O) groups is 1. The second kappa shape index (κ2) is 10.1. The maximum absolute atomic E-state index is 13.5. The van der Waals surface area contributed by atoms with E-state index in [2.05, 4.69) is 10.0 Å². The van der Waals surface area contributed by atoms with Crippen LogP contribution in [0.25, 0.3) is 0 Å². The lowest BCUT2D eigenvalue weighted by atomic mass is 10.2. The smallest absolute Gasteiger partial charge is 0.262 e. The lowest BCUT2D eigenvalue weighted by molar-refractivity contribution is -0.118. The maximum Gasteiger partial charge on any atom is 0.262 e. The van der Waals surface area contributed by atoms with Gasteiger partial charge in [0, 0.05) is 12.6 Å². The standard InChI is InChI=1S/C22H20F2N2O4S/c23-17-6-11-20(24)21(14-17)26-22(27)15-30-18-7-9-19(10-8-18)31(28,29)25-13-12-16-4-2-1-3-5-16/h1-11,14,25H,12-13,15H2,(H,26,27). The van der Waals surface area contributed by atoms with Gasteiger partial charge >= 0.3 is 0 Å². The second-order valence-electron chi connectivity index (χ2n) is 6.57. The van der Waals surface area contributed by atoms with E-state index >= 15 is 0 Å². The first-order valence-corrected chi connectivity index (χ1v) is 10.8. The van der Waals surface area contributed by atoms with Gasteiger partial charge in [0.25, 0.3) is 5.91 Å². The number of hydrogen-bond acceptors (Lipinski definition) is 4. The molecule has 0 aliphatic carbocycles. The molecule has 0 heterocycles. The molecule has 0 aliphatic heterocycles. The number of sulfonamides is 1. The van der Waals surface area contributed by atoms with E-state index in [1.807, 2.05) is 30.3 Å². The number of hydrogen-bond donors (Lipinski definition) is 2. The lowest BCUT2D eigenvalue weighted by Crippen LogP contribution is -2.26. The van der Waals surface area contributed by atoms with Crippen LogP contribution in [0.1, 0.15) is 5.56 Å². The molecule has 0 bridgehead atoms. The van der Waals surface area contributed by atoms with Crippen molar-refractivity contribution in [3.63, 3.8) is 0 Å². The minimum absolute atomic E-state index is 0.0548. The van der Waals surface area contributed by atoms with Crippen LogP contribution in [0.4, 0.5) is 14.5 Å². The molecular formula is C22H20F2N2O4S. The minimum atomic E-state index is -3.69. The Bertz CT molecular complexity index is 1140. The van der Waals surface area contributed by atoms with Crippen LogP contribution < -0.4 is 14.8 Å². The van der Waals surface area contributed by atoms with Crippen molar-refractivity contribution >= 4 is 21.6 Å². The molecule has 0 radical (unpaired) electrons. The van der Waals surface area contributed by atoms with Crippen molar-refractivity contribution in [3.05, 3.63) is 90.0 Å². The first-order valence-electron chi connectivity index (χ1n) is 9.35. The summed E-state index contributed by atoms with van der Waals surface area (Å²) in [4.78, 5) is 11.9. The van der Waals surface area contributed by atoms with E-state index in [0.29, 0.717) is 6.42 Å². The van der Waals surface area contributed by atoms with Crippen LogP contribution >= 0.6 is 0 Å². The fraction of sp³-hybridized carbons (Fsp3) is 0.136. The first kappa shape index (κ1) is 22.4. The van der Waals surface area contributed by atoms with E-state index in [1.54, 1.807) is 0 Å². The summed E-state index contributed by atoms with van der Waals surface area (Å²) in [5, 5.41) is 2.21. The van der Waals surface area contributed by atoms with Gasteiger partial charge in [-0.15, -0.1) is 0 Å². The van der Waals surface area contributed by atoms with E-state index in [9.17, 15) is 22.0 Å². The van der Waals surface area contributed by atoms with Gasteiger partial charge in [-0.3, -0.25) is 4.79 Å². The molecule has 162 valence electrons. The topological polar surface area (TPSA) is 84.5 Å². The summed E-state index contributed by atoms with van der Waals surface area (Å²) < 4.78 is 59.3. The summed E-state index contributed by atoms with van der Waals surface area (Å²) in [6.45, 7) is -0.210. The highest BCUT2D eigenvalue weighted by Crippen LogP contribution is 2.17. The van der Waals surface area contributed by atoms with Crippen LogP contribution in [0.15, 0.2) is 77.7 Å². The summed E-state index contributed by atoms with van der Waals surface area (Å²) in [5.74, 6) is -1.90. The predicted octanol–water partition coefficient (Wildman–Crippen LogP) is 3.50. The average Bonchev–Trinajstić information content (AvgIpc) is 2.76. The normalized spacial score (nSPS) is 11.2. The SMILES string of the molecule is O=C(COc1ccc(S(=O)(=O)NCCc2ccccc2)cc1)Nc1cc(F)ccc1F. The van der Waals surface area contributed by atoms with E-state index < -0.39 is 34.2 Å². The van der Waals surface area contributed by atoms with E-state index in [4.69, 9.17) is 4.74 Å². The molecule has 6 nitrogen and oxygen atoms in total. The Morgan fingerprint density at radius 1 is 0.935 bits per heavy atom. The number of benzene rings is 3. The number of anilines is 1. The molecule has 3 aromatic carbocycles. The van der Waals surface area contributed by atoms with Crippen molar-refractivity contribution in [2.75, 3.05) is 18.5 Å². The molecule has 0 aromatic heterocycles. The Labute approximate surface area is 178 Å². The fourth-order valence-electron chi connectivity index (χ4n) is 2.70.